The molecule has 0 radical (unpaired) electrons. The first-order valence-corrected chi connectivity index (χ1v) is 12.8. The molecule has 2 aromatic rings. The summed E-state index contributed by atoms with van der Waals surface area (Å²) in [6.45, 7) is 3.81. The van der Waals surface area contributed by atoms with Crippen molar-refractivity contribution in [3.63, 3.8) is 0 Å². The number of pyridine rings is 1. The van der Waals surface area contributed by atoms with Gasteiger partial charge in [0.2, 0.25) is 0 Å². The minimum absolute atomic E-state index is 0.103. The van der Waals surface area contributed by atoms with E-state index in [-0.39, 0.29) is 17.0 Å². The lowest BCUT2D eigenvalue weighted by atomic mass is 10.0. The van der Waals surface area contributed by atoms with Gasteiger partial charge in [0.1, 0.15) is 27.5 Å². The standard InChI is InChI=1S/C26H28N4O3S2/c1-17-20(23(28(2)24(31)21(17)15-27)29-12-6-4-5-7-13-29)14-22-25(32)30(26(34)35-22)16-18-8-10-19(33-3)11-9-18/h8-11,14H,4-7,12-13,16H2,1-3H3. The monoisotopic (exact) mass is 508 g/mol. The summed E-state index contributed by atoms with van der Waals surface area (Å²) in [7, 11) is 3.32. The summed E-state index contributed by atoms with van der Waals surface area (Å²) in [6.07, 6.45) is 6.19. The Bertz CT molecular complexity index is 1280. The van der Waals surface area contributed by atoms with Crippen molar-refractivity contribution in [2.24, 2.45) is 7.05 Å². The van der Waals surface area contributed by atoms with Gasteiger partial charge in [-0.1, -0.05) is 49.0 Å². The van der Waals surface area contributed by atoms with Crippen LogP contribution in [0.25, 0.3) is 6.08 Å². The van der Waals surface area contributed by atoms with E-state index in [4.69, 9.17) is 17.0 Å². The first-order chi connectivity index (χ1) is 16.8. The van der Waals surface area contributed by atoms with Crippen LogP contribution in [-0.2, 0) is 18.4 Å². The Morgan fingerprint density at radius 3 is 2.40 bits per heavy atom. The maximum atomic E-state index is 13.4. The lowest BCUT2D eigenvalue weighted by Gasteiger charge is -2.28. The van der Waals surface area contributed by atoms with Crippen molar-refractivity contribution in [2.45, 2.75) is 39.2 Å². The van der Waals surface area contributed by atoms with Gasteiger partial charge in [-0.15, -0.1) is 0 Å². The molecule has 7 nitrogen and oxygen atoms in total. The maximum absolute atomic E-state index is 13.4. The van der Waals surface area contributed by atoms with Crippen LogP contribution in [0, 0.1) is 18.3 Å². The fraction of sp³-hybridized carbons (Fsp3) is 0.385. The Balaban J connectivity index is 1.74. The number of amides is 1. The van der Waals surface area contributed by atoms with E-state index in [1.165, 1.54) is 11.8 Å². The predicted octanol–water partition coefficient (Wildman–Crippen LogP) is 4.36. The molecule has 182 valence electrons. The number of carbonyl (C=O) groups is 1. The highest BCUT2D eigenvalue weighted by molar-refractivity contribution is 8.26. The summed E-state index contributed by atoms with van der Waals surface area (Å²) < 4.78 is 7.25. The van der Waals surface area contributed by atoms with Crippen LogP contribution in [0.1, 0.15) is 47.9 Å². The second-order valence-electron chi connectivity index (χ2n) is 8.73. The normalized spacial score (nSPS) is 17.6. The summed E-state index contributed by atoms with van der Waals surface area (Å²) in [6, 6.07) is 9.60. The molecule has 2 aliphatic rings. The van der Waals surface area contributed by atoms with E-state index in [0.717, 1.165) is 61.5 Å². The van der Waals surface area contributed by atoms with Crippen LogP contribution in [0.3, 0.4) is 0 Å². The second kappa shape index (κ2) is 10.7. The number of aromatic nitrogens is 1. The third-order valence-electron chi connectivity index (χ3n) is 6.52. The number of rotatable bonds is 5. The van der Waals surface area contributed by atoms with Gasteiger partial charge in [-0.2, -0.15) is 5.26 Å². The molecule has 3 heterocycles. The molecule has 0 unspecified atom stereocenters. The zero-order valence-corrected chi connectivity index (χ0v) is 21.8. The number of thioether (sulfide) groups is 1. The lowest BCUT2D eigenvalue weighted by Crippen LogP contribution is -2.34. The molecule has 1 aromatic carbocycles. The number of benzene rings is 1. The predicted molar refractivity (Wildman–Crippen MR) is 144 cm³/mol. The molecular formula is C26H28N4O3S2. The van der Waals surface area contributed by atoms with Crippen molar-refractivity contribution in [2.75, 3.05) is 25.1 Å². The highest BCUT2D eigenvalue weighted by atomic mass is 32.2. The fourth-order valence-corrected chi connectivity index (χ4v) is 5.79. The van der Waals surface area contributed by atoms with Gasteiger partial charge in [0, 0.05) is 25.7 Å². The fourth-order valence-electron chi connectivity index (χ4n) is 4.56. The summed E-state index contributed by atoms with van der Waals surface area (Å²) in [4.78, 5) is 30.6. The summed E-state index contributed by atoms with van der Waals surface area (Å²) >= 11 is 6.80. The van der Waals surface area contributed by atoms with Gasteiger partial charge in [-0.25, -0.2) is 0 Å². The van der Waals surface area contributed by atoms with E-state index in [1.54, 1.807) is 30.5 Å². The Morgan fingerprint density at radius 1 is 1.14 bits per heavy atom. The van der Waals surface area contributed by atoms with Crippen LogP contribution >= 0.6 is 24.0 Å². The molecule has 0 N–H and O–H groups in total. The van der Waals surface area contributed by atoms with Crippen molar-refractivity contribution in [3.8, 4) is 11.8 Å². The van der Waals surface area contributed by atoms with Crippen molar-refractivity contribution < 1.29 is 9.53 Å². The first kappa shape index (κ1) is 25.0. The minimum atomic E-state index is -0.312. The SMILES string of the molecule is COc1ccc(CN2C(=O)C(=Cc3c(C)c(C#N)c(=O)n(C)c3N3CCCCCC3)SC2=S)cc1. The highest BCUT2D eigenvalue weighted by Crippen LogP contribution is 2.37. The summed E-state index contributed by atoms with van der Waals surface area (Å²) in [5, 5.41) is 9.69. The molecule has 0 aliphatic carbocycles. The molecule has 2 saturated heterocycles. The van der Waals surface area contributed by atoms with Crippen molar-refractivity contribution in [1.82, 2.24) is 9.47 Å². The molecule has 0 atom stereocenters. The Hall–Kier alpha value is -3.09. The van der Waals surface area contributed by atoms with Gasteiger partial charge < -0.3 is 9.64 Å². The van der Waals surface area contributed by atoms with E-state index in [9.17, 15) is 14.9 Å². The third-order valence-corrected chi connectivity index (χ3v) is 7.90. The number of thiocarbonyl (C=S) groups is 1. The van der Waals surface area contributed by atoms with Gasteiger partial charge in [-0.3, -0.25) is 19.1 Å². The van der Waals surface area contributed by atoms with Crippen LogP contribution in [0.15, 0.2) is 34.0 Å². The van der Waals surface area contributed by atoms with E-state index in [2.05, 4.69) is 11.0 Å². The van der Waals surface area contributed by atoms with E-state index < -0.39 is 0 Å². The molecule has 1 aromatic heterocycles. The van der Waals surface area contributed by atoms with Crippen LogP contribution in [0.4, 0.5) is 5.82 Å². The lowest BCUT2D eigenvalue weighted by molar-refractivity contribution is -0.122. The number of ether oxygens (including phenoxy) is 1. The molecule has 2 fully saturated rings. The summed E-state index contributed by atoms with van der Waals surface area (Å²) in [5.41, 5.74) is 2.06. The molecule has 1 amide bonds. The van der Waals surface area contributed by atoms with Crippen molar-refractivity contribution in [1.29, 1.82) is 5.26 Å². The number of methoxy groups -OCH3 is 1. The topological polar surface area (TPSA) is 78.6 Å². The van der Waals surface area contributed by atoms with Gasteiger partial charge in [0.05, 0.1) is 18.6 Å². The second-order valence-corrected chi connectivity index (χ2v) is 10.4. The molecule has 9 heteroatoms. The molecule has 0 spiro atoms. The zero-order valence-electron chi connectivity index (χ0n) is 20.2. The van der Waals surface area contributed by atoms with E-state index >= 15 is 0 Å². The molecular weight excluding hydrogens is 480 g/mol. The number of carbonyl (C=O) groups excluding carboxylic acids is 1. The van der Waals surface area contributed by atoms with Gasteiger partial charge in [0.15, 0.2) is 0 Å². The Morgan fingerprint density at radius 2 is 1.80 bits per heavy atom. The number of nitriles is 1. The molecule has 35 heavy (non-hydrogen) atoms. The molecule has 0 bridgehead atoms. The Labute approximate surface area is 215 Å². The number of nitrogens with zero attached hydrogens (tertiary/aromatic N) is 4. The largest absolute Gasteiger partial charge is 0.497 e. The van der Waals surface area contributed by atoms with Crippen LogP contribution in [0.5, 0.6) is 5.75 Å². The van der Waals surface area contributed by atoms with Crippen molar-refractivity contribution >= 4 is 46.1 Å². The highest BCUT2D eigenvalue weighted by Gasteiger charge is 2.33. The van der Waals surface area contributed by atoms with Crippen LogP contribution in [-0.4, -0.2) is 39.9 Å². The van der Waals surface area contributed by atoms with Crippen LogP contribution < -0.4 is 15.2 Å². The van der Waals surface area contributed by atoms with Crippen LogP contribution in [0.2, 0.25) is 0 Å². The smallest absolute Gasteiger partial charge is 0.270 e. The average molecular weight is 509 g/mol. The van der Waals surface area contributed by atoms with Gasteiger partial charge in [-0.05, 0) is 49.1 Å². The number of hydrogen-bond acceptors (Lipinski definition) is 7. The Kier molecular flexibility index (Phi) is 7.63. The van der Waals surface area contributed by atoms with E-state index in [1.807, 2.05) is 30.3 Å². The molecule has 2 aliphatic heterocycles. The van der Waals surface area contributed by atoms with Gasteiger partial charge in [0.25, 0.3) is 11.5 Å². The number of hydrogen-bond donors (Lipinski definition) is 0. The average Bonchev–Trinajstić information content (AvgIpc) is 3.03. The van der Waals surface area contributed by atoms with E-state index in [0.29, 0.717) is 21.3 Å². The zero-order chi connectivity index (χ0) is 25.1. The maximum Gasteiger partial charge on any atom is 0.270 e. The molecule has 4 rings (SSSR count). The molecule has 0 saturated carbocycles. The van der Waals surface area contributed by atoms with Gasteiger partial charge >= 0.3 is 0 Å². The first-order valence-electron chi connectivity index (χ1n) is 11.6. The van der Waals surface area contributed by atoms with Crippen molar-refractivity contribution in [3.05, 3.63) is 61.8 Å². The minimum Gasteiger partial charge on any atom is -0.497 e. The quantitative estimate of drug-likeness (QED) is 0.439. The summed E-state index contributed by atoms with van der Waals surface area (Å²) in [5.74, 6) is 1.33. The number of anilines is 1. The third kappa shape index (κ3) is 5.00.